The molecule has 32 heavy (non-hydrogen) atoms. The standard InChI is InChI=1S/C24H23FN4O3/c1-3-6-18-22-21(16(12-26)23(27)32-24(22)29-28-18)14-9-10-19(20(11-14)30-2)31-13-15-7-4-5-8-17(15)25/h4-5,7-11,21H,3,6,13,27H2,1-2H3,(H,28,29). The van der Waals surface area contributed by atoms with Crippen molar-refractivity contribution in [2.24, 2.45) is 5.73 Å². The zero-order valence-electron chi connectivity index (χ0n) is 17.8. The van der Waals surface area contributed by atoms with E-state index in [1.807, 2.05) is 6.07 Å². The highest BCUT2D eigenvalue weighted by atomic mass is 19.1. The summed E-state index contributed by atoms with van der Waals surface area (Å²) in [6, 6.07) is 14.0. The molecule has 0 radical (unpaired) electrons. The number of hydrogen-bond donors (Lipinski definition) is 2. The first-order valence-electron chi connectivity index (χ1n) is 10.3. The molecule has 1 aliphatic heterocycles. The molecule has 0 amide bonds. The molecule has 1 aliphatic rings. The molecule has 1 unspecified atom stereocenters. The Morgan fingerprint density at radius 1 is 1.25 bits per heavy atom. The number of methoxy groups -OCH3 is 1. The van der Waals surface area contributed by atoms with Gasteiger partial charge in [0.15, 0.2) is 11.5 Å². The molecular weight excluding hydrogens is 411 g/mol. The van der Waals surface area contributed by atoms with Gasteiger partial charge in [-0.05, 0) is 30.2 Å². The number of allylic oxidation sites excluding steroid dienone is 1. The van der Waals surface area contributed by atoms with Crippen molar-refractivity contribution in [3.05, 3.63) is 82.1 Å². The lowest BCUT2D eigenvalue weighted by Gasteiger charge is -2.24. The number of hydrogen-bond acceptors (Lipinski definition) is 6. The number of benzene rings is 2. The maximum absolute atomic E-state index is 13.9. The number of nitrogens with zero attached hydrogens (tertiary/aromatic N) is 2. The summed E-state index contributed by atoms with van der Waals surface area (Å²) in [5, 5.41) is 17.1. The van der Waals surface area contributed by atoms with Crippen LogP contribution >= 0.6 is 0 Å². The summed E-state index contributed by atoms with van der Waals surface area (Å²) in [6.07, 6.45) is 1.65. The van der Waals surface area contributed by atoms with Gasteiger partial charge in [0.2, 0.25) is 11.8 Å². The van der Waals surface area contributed by atoms with Gasteiger partial charge in [-0.15, -0.1) is 5.10 Å². The first-order chi connectivity index (χ1) is 15.6. The number of aromatic nitrogens is 2. The molecule has 164 valence electrons. The quantitative estimate of drug-likeness (QED) is 0.574. The van der Waals surface area contributed by atoms with Gasteiger partial charge in [-0.1, -0.05) is 37.6 Å². The summed E-state index contributed by atoms with van der Waals surface area (Å²) in [5.74, 6) is 0.526. The summed E-state index contributed by atoms with van der Waals surface area (Å²) in [7, 11) is 1.53. The van der Waals surface area contributed by atoms with E-state index in [0.29, 0.717) is 28.5 Å². The summed E-state index contributed by atoms with van der Waals surface area (Å²) in [4.78, 5) is 0. The molecule has 8 heteroatoms. The molecule has 0 aliphatic carbocycles. The third-order valence-electron chi connectivity index (χ3n) is 5.38. The second kappa shape index (κ2) is 9.02. The molecule has 0 saturated heterocycles. The van der Waals surface area contributed by atoms with E-state index in [-0.39, 0.29) is 18.3 Å². The van der Waals surface area contributed by atoms with Crippen molar-refractivity contribution in [1.82, 2.24) is 10.2 Å². The number of H-pyrrole nitrogens is 1. The Bertz CT molecular complexity index is 1210. The van der Waals surface area contributed by atoms with Crippen molar-refractivity contribution in [3.63, 3.8) is 0 Å². The smallest absolute Gasteiger partial charge is 0.244 e. The van der Waals surface area contributed by atoms with Crippen molar-refractivity contribution in [2.45, 2.75) is 32.3 Å². The zero-order valence-corrected chi connectivity index (χ0v) is 17.8. The van der Waals surface area contributed by atoms with Gasteiger partial charge in [-0.3, -0.25) is 5.10 Å². The van der Waals surface area contributed by atoms with E-state index in [4.69, 9.17) is 19.9 Å². The minimum Gasteiger partial charge on any atom is -0.493 e. The molecule has 0 saturated carbocycles. The molecule has 0 fully saturated rings. The summed E-state index contributed by atoms with van der Waals surface area (Å²) >= 11 is 0. The number of fused-ring (bicyclic) bond motifs is 1. The van der Waals surface area contributed by atoms with E-state index in [1.165, 1.54) is 13.2 Å². The average Bonchev–Trinajstić information content (AvgIpc) is 3.19. The highest BCUT2D eigenvalue weighted by Gasteiger charge is 2.35. The summed E-state index contributed by atoms with van der Waals surface area (Å²) in [5.41, 5.74) is 9.24. The van der Waals surface area contributed by atoms with Gasteiger partial charge in [0, 0.05) is 16.8 Å². The minimum absolute atomic E-state index is 0.0263. The van der Waals surface area contributed by atoms with Gasteiger partial charge in [-0.25, -0.2) is 4.39 Å². The normalized spacial score (nSPS) is 15.0. The van der Waals surface area contributed by atoms with Gasteiger partial charge in [0.1, 0.15) is 24.1 Å². The van der Waals surface area contributed by atoms with Crippen LogP contribution in [0.5, 0.6) is 17.4 Å². The van der Waals surface area contributed by atoms with E-state index in [2.05, 4.69) is 23.2 Å². The number of aryl methyl sites for hydroxylation is 1. The summed E-state index contributed by atoms with van der Waals surface area (Å²) < 4.78 is 30.9. The molecule has 0 spiro atoms. The second-order valence-corrected chi connectivity index (χ2v) is 7.39. The Balaban J connectivity index is 1.71. The second-order valence-electron chi connectivity index (χ2n) is 7.39. The van der Waals surface area contributed by atoms with E-state index in [9.17, 15) is 9.65 Å². The maximum Gasteiger partial charge on any atom is 0.244 e. The molecule has 2 aromatic carbocycles. The van der Waals surface area contributed by atoms with Crippen LogP contribution < -0.4 is 19.9 Å². The molecule has 1 atom stereocenters. The predicted molar refractivity (Wildman–Crippen MR) is 116 cm³/mol. The number of nitrogens with two attached hydrogens (primary N) is 1. The molecule has 3 N–H and O–H groups in total. The fourth-order valence-electron chi connectivity index (χ4n) is 3.84. The minimum atomic E-state index is -0.460. The van der Waals surface area contributed by atoms with Crippen LogP contribution in [-0.2, 0) is 13.0 Å². The molecule has 7 nitrogen and oxygen atoms in total. The van der Waals surface area contributed by atoms with Crippen molar-refractivity contribution < 1.29 is 18.6 Å². The number of ether oxygens (including phenoxy) is 3. The number of rotatable bonds is 7. The lowest BCUT2D eigenvalue weighted by atomic mass is 9.83. The van der Waals surface area contributed by atoms with E-state index < -0.39 is 5.92 Å². The van der Waals surface area contributed by atoms with E-state index in [0.717, 1.165) is 29.7 Å². The monoisotopic (exact) mass is 434 g/mol. The zero-order chi connectivity index (χ0) is 22.7. The van der Waals surface area contributed by atoms with Crippen molar-refractivity contribution >= 4 is 0 Å². The van der Waals surface area contributed by atoms with Crippen LogP contribution in [0.4, 0.5) is 4.39 Å². The largest absolute Gasteiger partial charge is 0.493 e. The lowest BCUT2D eigenvalue weighted by molar-refractivity contribution is 0.279. The van der Waals surface area contributed by atoms with Crippen molar-refractivity contribution in [3.8, 4) is 23.4 Å². The first-order valence-corrected chi connectivity index (χ1v) is 10.3. The van der Waals surface area contributed by atoms with Crippen LogP contribution in [0.3, 0.4) is 0 Å². The van der Waals surface area contributed by atoms with Crippen LogP contribution in [0.15, 0.2) is 53.9 Å². The number of nitriles is 1. The fourth-order valence-corrected chi connectivity index (χ4v) is 3.84. The van der Waals surface area contributed by atoms with Crippen LogP contribution in [0.1, 0.15) is 41.6 Å². The van der Waals surface area contributed by atoms with Gasteiger partial charge in [0.05, 0.1) is 13.0 Å². The first kappa shape index (κ1) is 21.2. The third kappa shape index (κ3) is 3.85. The van der Waals surface area contributed by atoms with Crippen LogP contribution in [0, 0.1) is 17.1 Å². The third-order valence-corrected chi connectivity index (χ3v) is 5.38. The molecule has 0 bridgehead atoms. The number of halogens is 1. The molecule has 3 aromatic rings. The van der Waals surface area contributed by atoms with Crippen LogP contribution in [0.25, 0.3) is 0 Å². The SMILES string of the molecule is CCCc1[nH]nc2c1C(c1ccc(OCc3ccccc3F)c(OC)c1)C(C#N)=C(N)O2. The van der Waals surface area contributed by atoms with E-state index >= 15 is 0 Å². The Kier molecular flexibility index (Phi) is 5.99. The van der Waals surface area contributed by atoms with Gasteiger partial charge < -0.3 is 19.9 Å². The molecule has 1 aromatic heterocycles. The topological polar surface area (TPSA) is 106 Å². The Labute approximate surface area is 185 Å². The predicted octanol–water partition coefficient (Wildman–Crippen LogP) is 4.31. The highest BCUT2D eigenvalue weighted by molar-refractivity contribution is 5.57. The van der Waals surface area contributed by atoms with Gasteiger partial charge in [-0.2, -0.15) is 5.26 Å². The molecule has 4 rings (SSSR count). The molecular formula is C24H23FN4O3. The van der Waals surface area contributed by atoms with Crippen LogP contribution in [0.2, 0.25) is 0 Å². The van der Waals surface area contributed by atoms with E-state index in [1.54, 1.807) is 30.3 Å². The van der Waals surface area contributed by atoms with Gasteiger partial charge in [0.25, 0.3) is 0 Å². The number of aromatic amines is 1. The van der Waals surface area contributed by atoms with Crippen molar-refractivity contribution in [2.75, 3.05) is 7.11 Å². The van der Waals surface area contributed by atoms with Crippen molar-refractivity contribution in [1.29, 1.82) is 5.26 Å². The fraction of sp³-hybridized carbons (Fsp3) is 0.250. The Hall–Kier alpha value is -3.99. The average molecular weight is 434 g/mol. The maximum atomic E-state index is 13.9. The Morgan fingerprint density at radius 2 is 2.06 bits per heavy atom. The van der Waals surface area contributed by atoms with Crippen LogP contribution in [-0.4, -0.2) is 17.3 Å². The molecule has 2 heterocycles. The number of nitrogens with one attached hydrogen (secondary N) is 1. The Morgan fingerprint density at radius 3 is 2.78 bits per heavy atom. The lowest BCUT2D eigenvalue weighted by Crippen LogP contribution is -2.21. The van der Waals surface area contributed by atoms with Gasteiger partial charge >= 0.3 is 0 Å². The highest BCUT2D eigenvalue weighted by Crippen LogP contribution is 2.45. The summed E-state index contributed by atoms with van der Waals surface area (Å²) in [6.45, 7) is 2.12.